The van der Waals surface area contributed by atoms with Gasteiger partial charge in [0.15, 0.2) is 6.61 Å². The lowest BCUT2D eigenvalue weighted by molar-refractivity contribution is -0.132. The summed E-state index contributed by atoms with van der Waals surface area (Å²) in [4.78, 5) is 13.7. The van der Waals surface area contributed by atoms with Crippen molar-refractivity contribution in [2.75, 3.05) is 19.7 Å². The van der Waals surface area contributed by atoms with Crippen molar-refractivity contribution >= 4 is 5.91 Å². The molecule has 0 spiro atoms. The second-order valence-corrected chi connectivity index (χ2v) is 4.68. The van der Waals surface area contributed by atoms with Crippen molar-refractivity contribution in [3.8, 4) is 5.75 Å². The summed E-state index contributed by atoms with van der Waals surface area (Å²) < 4.78 is 5.65. The van der Waals surface area contributed by atoms with Crippen LogP contribution in [0.1, 0.15) is 37.9 Å². The van der Waals surface area contributed by atoms with E-state index in [1.807, 2.05) is 45.9 Å². The number of hydrogen-bond acceptors (Lipinski definition) is 3. The molecule has 4 heteroatoms. The summed E-state index contributed by atoms with van der Waals surface area (Å²) in [7, 11) is 0. The van der Waals surface area contributed by atoms with Crippen LogP contribution in [0.2, 0.25) is 0 Å². The van der Waals surface area contributed by atoms with E-state index in [0.717, 1.165) is 11.1 Å². The number of ether oxygens (including phenoxy) is 1. The van der Waals surface area contributed by atoms with E-state index in [-0.39, 0.29) is 18.6 Å². The van der Waals surface area contributed by atoms with Crippen LogP contribution in [0.4, 0.5) is 0 Å². The summed E-state index contributed by atoms with van der Waals surface area (Å²) in [5.74, 6) is 0.706. The van der Waals surface area contributed by atoms with Gasteiger partial charge in [0, 0.05) is 24.7 Å². The summed E-state index contributed by atoms with van der Waals surface area (Å²) in [6.07, 6.45) is 0. The van der Waals surface area contributed by atoms with Gasteiger partial charge < -0.3 is 15.4 Å². The van der Waals surface area contributed by atoms with Crippen molar-refractivity contribution < 1.29 is 9.53 Å². The quantitative estimate of drug-likeness (QED) is 0.857. The van der Waals surface area contributed by atoms with E-state index in [4.69, 9.17) is 10.5 Å². The van der Waals surface area contributed by atoms with Crippen molar-refractivity contribution in [2.24, 2.45) is 5.73 Å². The van der Waals surface area contributed by atoms with Crippen molar-refractivity contribution in [1.82, 2.24) is 4.90 Å². The highest BCUT2D eigenvalue weighted by Crippen LogP contribution is 2.25. The van der Waals surface area contributed by atoms with Crippen LogP contribution in [0.25, 0.3) is 0 Å². The van der Waals surface area contributed by atoms with E-state index in [0.29, 0.717) is 18.8 Å². The molecule has 1 atom stereocenters. The molecule has 0 bridgehead atoms. The Hall–Kier alpha value is -1.55. The number of aryl methyl sites for hydroxylation is 1. The minimum Gasteiger partial charge on any atom is -0.483 e. The molecule has 0 fully saturated rings. The molecule has 0 aromatic heterocycles. The number of benzene rings is 1. The molecule has 0 radical (unpaired) electrons. The zero-order valence-corrected chi connectivity index (χ0v) is 12.3. The van der Waals surface area contributed by atoms with Gasteiger partial charge in [-0.3, -0.25) is 4.79 Å². The maximum atomic E-state index is 11.9. The molecular weight excluding hydrogens is 240 g/mol. The third-order valence-electron chi connectivity index (χ3n) is 3.13. The van der Waals surface area contributed by atoms with Gasteiger partial charge in [-0.25, -0.2) is 0 Å². The van der Waals surface area contributed by atoms with E-state index in [9.17, 15) is 4.79 Å². The van der Waals surface area contributed by atoms with Gasteiger partial charge in [-0.2, -0.15) is 0 Å². The molecule has 4 nitrogen and oxygen atoms in total. The normalized spacial score (nSPS) is 12.1. The number of likely N-dealkylation sites (N-methyl/N-ethyl adjacent to an activating group) is 1. The van der Waals surface area contributed by atoms with Gasteiger partial charge in [-0.1, -0.05) is 12.1 Å². The third kappa shape index (κ3) is 4.24. The number of hydrogen-bond donors (Lipinski definition) is 1. The van der Waals surface area contributed by atoms with Crippen LogP contribution in [0.5, 0.6) is 5.75 Å². The number of carbonyl (C=O) groups excluding carboxylic acids is 1. The smallest absolute Gasteiger partial charge is 0.260 e. The molecular formula is C15H24N2O2. The molecule has 0 unspecified atom stereocenters. The molecule has 106 valence electrons. The van der Waals surface area contributed by atoms with Crippen LogP contribution in [0.15, 0.2) is 18.2 Å². The topological polar surface area (TPSA) is 55.6 Å². The van der Waals surface area contributed by atoms with E-state index < -0.39 is 0 Å². The summed E-state index contributed by atoms with van der Waals surface area (Å²) in [5.41, 5.74) is 7.93. The molecule has 0 heterocycles. The molecule has 1 rings (SSSR count). The molecule has 1 amide bonds. The highest BCUT2D eigenvalue weighted by atomic mass is 16.5. The Morgan fingerprint density at radius 2 is 2.00 bits per heavy atom. The van der Waals surface area contributed by atoms with E-state index >= 15 is 0 Å². The first kappa shape index (κ1) is 15.5. The molecule has 2 N–H and O–H groups in total. The first-order chi connectivity index (χ1) is 8.99. The zero-order chi connectivity index (χ0) is 14.4. The molecule has 0 aliphatic carbocycles. The van der Waals surface area contributed by atoms with Crippen LogP contribution in [-0.2, 0) is 4.79 Å². The Morgan fingerprint density at radius 3 is 2.53 bits per heavy atom. The second-order valence-electron chi connectivity index (χ2n) is 4.68. The predicted octanol–water partition coefficient (Wildman–Crippen LogP) is 2.26. The van der Waals surface area contributed by atoms with Gasteiger partial charge in [-0.15, -0.1) is 0 Å². The maximum absolute atomic E-state index is 11.9. The van der Waals surface area contributed by atoms with E-state index in [1.54, 1.807) is 4.90 Å². The average molecular weight is 264 g/mol. The molecule has 0 aliphatic heterocycles. The van der Waals surface area contributed by atoms with Crippen LogP contribution in [-0.4, -0.2) is 30.5 Å². The van der Waals surface area contributed by atoms with Gasteiger partial charge in [-0.05, 0) is 39.3 Å². The van der Waals surface area contributed by atoms with Gasteiger partial charge in [0.1, 0.15) is 5.75 Å². The summed E-state index contributed by atoms with van der Waals surface area (Å²) >= 11 is 0. The van der Waals surface area contributed by atoms with Gasteiger partial charge in [0.2, 0.25) is 0 Å². The Bertz CT molecular complexity index is 426. The lowest BCUT2D eigenvalue weighted by atomic mass is 10.1. The Labute approximate surface area is 115 Å². The minimum absolute atomic E-state index is 0.00197. The molecule has 0 saturated heterocycles. The maximum Gasteiger partial charge on any atom is 0.260 e. The van der Waals surface area contributed by atoms with Crippen molar-refractivity contribution in [2.45, 2.75) is 33.7 Å². The standard InChI is InChI=1S/C15H24N2O2/c1-5-17(6-2)15(18)10-19-14-9-11(3)7-8-13(14)12(4)16/h7-9,12H,5-6,10,16H2,1-4H3/t12-/m0/s1. The first-order valence-electron chi connectivity index (χ1n) is 6.76. The number of amides is 1. The highest BCUT2D eigenvalue weighted by molar-refractivity contribution is 5.77. The van der Waals surface area contributed by atoms with Crippen LogP contribution in [0.3, 0.4) is 0 Å². The fourth-order valence-corrected chi connectivity index (χ4v) is 1.95. The van der Waals surface area contributed by atoms with E-state index in [2.05, 4.69) is 0 Å². The number of carbonyl (C=O) groups is 1. The number of nitrogens with two attached hydrogens (primary N) is 1. The average Bonchev–Trinajstić information content (AvgIpc) is 2.37. The predicted molar refractivity (Wildman–Crippen MR) is 77.2 cm³/mol. The van der Waals surface area contributed by atoms with Crippen molar-refractivity contribution in [3.63, 3.8) is 0 Å². The van der Waals surface area contributed by atoms with E-state index in [1.165, 1.54) is 0 Å². The summed E-state index contributed by atoms with van der Waals surface area (Å²) in [6.45, 7) is 9.28. The highest BCUT2D eigenvalue weighted by Gasteiger charge is 2.13. The number of nitrogens with zero attached hydrogens (tertiary/aromatic N) is 1. The second kappa shape index (κ2) is 7.14. The molecule has 0 aliphatic rings. The first-order valence-corrected chi connectivity index (χ1v) is 6.76. The Morgan fingerprint density at radius 1 is 1.37 bits per heavy atom. The lowest BCUT2D eigenvalue weighted by Gasteiger charge is -2.20. The third-order valence-corrected chi connectivity index (χ3v) is 3.13. The van der Waals surface area contributed by atoms with Crippen LogP contribution in [0, 0.1) is 6.92 Å². The molecule has 19 heavy (non-hydrogen) atoms. The largest absolute Gasteiger partial charge is 0.483 e. The van der Waals surface area contributed by atoms with Crippen LogP contribution < -0.4 is 10.5 Å². The Balaban J connectivity index is 2.77. The minimum atomic E-state index is -0.112. The summed E-state index contributed by atoms with van der Waals surface area (Å²) in [6, 6.07) is 5.77. The van der Waals surface area contributed by atoms with Crippen molar-refractivity contribution in [1.29, 1.82) is 0 Å². The van der Waals surface area contributed by atoms with Gasteiger partial charge in [0.25, 0.3) is 5.91 Å². The van der Waals surface area contributed by atoms with Crippen molar-refractivity contribution in [3.05, 3.63) is 29.3 Å². The summed E-state index contributed by atoms with van der Waals surface area (Å²) in [5, 5.41) is 0. The zero-order valence-electron chi connectivity index (χ0n) is 12.3. The Kier molecular flexibility index (Phi) is 5.83. The van der Waals surface area contributed by atoms with Gasteiger partial charge >= 0.3 is 0 Å². The molecule has 1 aromatic rings. The van der Waals surface area contributed by atoms with Gasteiger partial charge in [0.05, 0.1) is 0 Å². The lowest BCUT2D eigenvalue weighted by Crippen LogP contribution is -2.34. The molecule has 0 saturated carbocycles. The van der Waals surface area contributed by atoms with Crippen LogP contribution >= 0.6 is 0 Å². The fourth-order valence-electron chi connectivity index (χ4n) is 1.95. The monoisotopic (exact) mass is 264 g/mol. The SMILES string of the molecule is CCN(CC)C(=O)COc1cc(C)ccc1[C@H](C)N. The molecule has 1 aromatic carbocycles. The fraction of sp³-hybridized carbons (Fsp3) is 0.533. The number of rotatable bonds is 6.